The molecule has 0 aliphatic heterocycles. The Bertz CT molecular complexity index is 1020. The van der Waals surface area contributed by atoms with Gasteiger partial charge in [-0.25, -0.2) is 18.1 Å². The fraction of sp³-hybridized carbons (Fsp3) is 0.0526. The molecule has 3 rings (SSSR count). The third-order valence-electron chi connectivity index (χ3n) is 3.56. The normalized spacial score (nSPS) is 11.0. The van der Waals surface area contributed by atoms with E-state index in [1.54, 1.807) is 24.5 Å². The molecule has 0 atom stereocenters. The van der Waals surface area contributed by atoms with Gasteiger partial charge in [0.05, 0.1) is 10.5 Å². The maximum Gasteiger partial charge on any atom is 0.386 e. The van der Waals surface area contributed by atoms with Crippen molar-refractivity contribution in [2.45, 2.75) is 4.90 Å². The summed E-state index contributed by atoms with van der Waals surface area (Å²) in [5.41, 5.74) is 1.98. The number of carbonyl (C=O) groups is 1. The molecule has 0 N–H and O–H groups in total. The summed E-state index contributed by atoms with van der Waals surface area (Å²) in [5, 5.41) is 0. The largest absolute Gasteiger partial charge is 0.386 e. The molecule has 2 aromatic carbocycles. The van der Waals surface area contributed by atoms with Crippen molar-refractivity contribution in [3.63, 3.8) is 0 Å². The number of sulfone groups is 1. The molecular weight excluding hydrogens is 354 g/mol. The lowest BCUT2D eigenvalue weighted by atomic mass is 10.1. The van der Waals surface area contributed by atoms with E-state index in [1.165, 1.54) is 24.3 Å². The third kappa shape index (κ3) is 4.25. The number of benzene rings is 2. The molecule has 0 radical (unpaired) electrons. The van der Waals surface area contributed by atoms with E-state index in [0.717, 1.165) is 17.4 Å². The molecule has 6 nitrogen and oxygen atoms in total. The number of aromatic nitrogens is 1. The number of hydrogen-bond donors (Lipinski definition) is 0. The highest BCUT2D eigenvalue weighted by molar-refractivity contribution is 7.90. The number of hydrogen-bond acceptors (Lipinski definition) is 6. The van der Waals surface area contributed by atoms with Crippen LogP contribution in [-0.4, -0.2) is 25.6 Å². The summed E-state index contributed by atoms with van der Waals surface area (Å²) >= 11 is 0. The van der Waals surface area contributed by atoms with Gasteiger partial charge in [-0.3, -0.25) is 9.87 Å². The van der Waals surface area contributed by atoms with Crippen molar-refractivity contribution in [2.24, 2.45) is 0 Å². The second-order valence-corrected chi connectivity index (χ2v) is 7.54. The molecule has 26 heavy (non-hydrogen) atoms. The van der Waals surface area contributed by atoms with Gasteiger partial charge in [0.2, 0.25) is 0 Å². The SMILES string of the molecule is CS(=O)(=O)c1cccc(C(=O)OOc2ccc(-c3cccnc3)cc2)c1. The summed E-state index contributed by atoms with van der Waals surface area (Å²) in [5.74, 6) is -0.447. The second-order valence-electron chi connectivity index (χ2n) is 5.52. The first-order chi connectivity index (χ1) is 12.4. The Labute approximate surface area is 150 Å². The number of pyridine rings is 1. The molecule has 0 amide bonds. The van der Waals surface area contributed by atoms with Gasteiger partial charge in [0.15, 0.2) is 15.6 Å². The quantitative estimate of drug-likeness (QED) is 0.507. The molecule has 0 aliphatic rings. The van der Waals surface area contributed by atoms with Crippen LogP contribution in [0.2, 0.25) is 0 Å². The summed E-state index contributed by atoms with van der Waals surface area (Å²) in [6.07, 6.45) is 4.50. The van der Waals surface area contributed by atoms with Crippen molar-refractivity contribution in [1.29, 1.82) is 0 Å². The van der Waals surface area contributed by atoms with Crippen molar-refractivity contribution in [1.82, 2.24) is 4.98 Å². The highest BCUT2D eigenvalue weighted by atomic mass is 32.2. The number of nitrogens with zero attached hydrogens (tertiary/aromatic N) is 1. The van der Waals surface area contributed by atoms with Crippen LogP contribution in [0.1, 0.15) is 10.4 Å². The van der Waals surface area contributed by atoms with Crippen molar-refractivity contribution in [3.8, 4) is 16.9 Å². The van der Waals surface area contributed by atoms with E-state index in [9.17, 15) is 13.2 Å². The Balaban J connectivity index is 1.67. The summed E-state index contributed by atoms with van der Waals surface area (Å²) in [6, 6.07) is 16.3. The van der Waals surface area contributed by atoms with Crippen LogP contribution in [0.25, 0.3) is 11.1 Å². The van der Waals surface area contributed by atoms with Crippen LogP contribution in [0.5, 0.6) is 5.75 Å². The fourth-order valence-corrected chi connectivity index (χ4v) is 2.89. The van der Waals surface area contributed by atoms with Crippen LogP contribution in [0.15, 0.2) is 78.0 Å². The van der Waals surface area contributed by atoms with Gasteiger partial charge >= 0.3 is 5.97 Å². The van der Waals surface area contributed by atoms with Gasteiger partial charge in [0.25, 0.3) is 0 Å². The molecule has 0 bridgehead atoms. The zero-order chi connectivity index (χ0) is 18.6. The highest BCUT2D eigenvalue weighted by Crippen LogP contribution is 2.22. The molecular formula is C19H15NO5S. The average Bonchev–Trinajstić information content (AvgIpc) is 2.66. The van der Waals surface area contributed by atoms with Crippen molar-refractivity contribution in [3.05, 3.63) is 78.6 Å². The lowest BCUT2D eigenvalue weighted by Crippen LogP contribution is -2.09. The average molecular weight is 369 g/mol. The summed E-state index contributed by atoms with van der Waals surface area (Å²) in [6.45, 7) is 0. The standard InChI is InChI=1S/C19H15NO5S/c1-26(22,23)18-6-2-4-15(12-18)19(21)25-24-17-9-7-14(8-10-17)16-5-3-11-20-13-16/h2-13H,1H3. The van der Waals surface area contributed by atoms with Crippen LogP contribution >= 0.6 is 0 Å². The molecule has 0 aliphatic carbocycles. The zero-order valence-electron chi connectivity index (χ0n) is 13.8. The summed E-state index contributed by atoms with van der Waals surface area (Å²) < 4.78 is 23.1. The van der Waals surface area contributed by atoms with Crippen LogP contribution in [0, 0.1) is 0 Å². The molecule has 132 valence electrons. The molecule has 7 heteroatoms. The number of rotatable bonds is 5. The van der Waals surface area contributed by atoms with Gasteiger partial charge in [0.1, 0.15) is 0 Å². The van der Waals surface area contributed by atoms with Crippen LogP contribution in [0.4, 0.5) is 0 Å². The van der Waals surface area contributed by atoms with Gasteiger partial charge in [-0.15, -0.1) is 0 Å². The lowest BCUT2D eigenvalue weighted by molar-refractivity contribution is -0.149. The molecule has 1 heterocycles. The predicted octanol–water partition coefficient (Wildman–Crippen LogP) is 3.30. The first-order valence-corrected chi connectivity index (χ1v) is 9.52. The first-order valence-electron chi connectivity index (χ1n) is 7.63. The highest BCUT2D eigenvalue weighted by Gasteiger charge is 2.14. The lowest BCUT2D eigenvalue weighted by Gasteiger charge is -2.06. The molecule has 0 fully saturated rings. The minimum absolute atomic E-state index is 0.0350. The van der Waals surface area contributed by atoms with E-state index in [0.29, 0.717) is 5.75 Å². The molecule has 0 saturated heterocycles. The zero-order valence-corrected chi connectivity index (χ0v) is 14.6. The monoisotopic (exact) mass is 369 g/mol. The first kappa shape index (κ1) is 17.6. The van der Waals surface area contributed by atoms with Gasteiger partial charge in [-0.05, 0) is 47.5 Å². The Morgan fingerprint density at radius 3 is 2.38 bits per heavy atom. The third-order valence-corrected chi connectivity index (χ3v) is 4.67. The minimum Gasteiger partial charge on any atom is -0.287 e. The van der Waals surface area contributed by atoms with E-state index >= 15 is 0 Å². The van der Waals surface area contributed by atoms with Crippen molar-refractivity contribution < 1.29 is 23.0 Å². The van der Waals surface area contributed by atoms with Crippen LogP contribution in [-0.2, 0) is 14.7 Å². The van der Waals surface area contributed by atoms with Crippen LogP contribution in [0.3, 0.4) is 0 Å². The van der Waals surface area contributed by atoms with Crippen molar-refractivity contribution >= 4 is 15.8 Å². The van der Waals surface area contributed by atoms with Gasteiger partial charge in [0, 0.05) is 18.6 Å². The topological polar surface area (TPSA) is 82.6 Å². The fourth-order valence-electron chi connectivity index (χ4n) is 2.22. The van der Waals surface area contributed by atoms with Gasteiger partial charge in [-0.2, -0.15) is 0 Å². The maximum absolute atomic E-state index is 12.0. The molecule has 0 unspecified atom stereocenters. The molecule has 1 aromatic heterocycles. The predicted molar refractivity (Wildman–Crippen MR) is 95.3 cm³/mol. The van der Waals surface area contributed by atoms with Gasteiger partial charge < -0.3 is 0 Å². The Morgan fingerprint density at radius 2 is 1.73 bits per heavy atom. The molecule has 0 saturated carbocycles. The summed E-state index contributed by atoms with van der Waals surface area (Å²) in [7, 11) is -3.41. The Morgan fingerprint density at radius 1 is 0.962 bits per heavy atom. The maximum atomic E-state index is 12.0. The Kier molecular flexibility index (Phi) is 4.99. The smallest absolute Gasteiger partial charge is 0.287 e. The molecule has 3 aromatic rings. The summed E-state index contributed by atoms with van der Waals surface area (Å²) in [4.78, 5) is 25.9. The molecule has 0 spiro atoms. The number of carbonyl (C=O) groups excluding carboxylic acids is 1. The van der Waals surface area contributed by atoms with E-state index in [1.807, 2.05) is 24.3 Å². The minimum atomic E-state index is -3.41. The van der Waals surface area contributed by atoms with E-state index in [2.05, 4.69) is 4.98 Å². The van der Waals surface area contributed by atoms with Gasteiger partial charge in [-0.1, -0.05) is 24.3 Å². The van der Waals surface area contributed by atoms with E-state index < -0.39 is 15.8 Å². The van der Waals surface area contributed by atoms with Crippen LogP contribution < -0.4 is 4.89 Å². The van der Waals surface area contributed by atoms with E-state index in [-0.39, 0.29) is 10.5 Å². The Hall–Kier alpha value is -3.19. The second kappa shape index (κ2) is 7.37. The van der Waals surface area contributed by atoms with E-state index in [4.69, 9.17) is 9.78 Å². The van der Waals surface area contributed by atoms with Crippen molar-refractivity contribution in [2.75, 3.05) is 6.26 Å².